The zero-order valence-corrected chi connectivity index (χ0v) is 15.0. The van der Waals surface area contributed by atoms with E-state index in [9.17, 15) is 4.79 Å². The molecule has 0 aliphatic rings. The second-order valence-corrected chi connectivity index (χ2v) is 6.94. The Labute approximate surface area is 150 Å². The summed E-state index contributed by atoms with van der Waals surface area (Å²) in [6.07, 6.45) is 2.48. The van der Waals surface area contributed by atoms with Crippen LogP contribution in [0.4, 0.5) is 0 Å². The first kappa shape index (κ1) is 17.3. The number of benzene rings is 1. The van der Waals surface area contributed by atoms with Crippen molar-refractivity contribution in [3.05, 3.63) is 41.3 Å². The molecule has 0 aliphatic heterocycles. The van der Waals surface area contributed by atoms with Gasteiger partial charge in [0.05, 0.1) is 11.9 Å². The topological polar surface area (TPSA) is 82.8 Å². The molecule has 8 heteroatoms. The fourth-order valence-corrected chi connectivity index (χ4v) is 2.45. The molecule has 3 aromatic rings. The van der Waals surface area contributed by atoms with Gasteiger partial charge in [-0.1, -0.05) is 17.3 Å². The first-order valence-electron chi connectivity index (χ1n) is 7.87. The van der Waals surface area contributed by atoms with Crippen LogP contribution in [0.3, 0.4) is 0 Å². The van der Waals surface area contributed by atoms with E-state index in [0.717, 1.165) is 11.3 Å². The second-order valence-electron chi connectivity index (χ2n) is 6.60. The maximum absolute atomic E-state index is 11.8. The molecule has 1 aromatic carbocycles. The van der Waals surface area contributed by atoms with Gasteiger partial charge in [-0.05, 0) is 56.5 Å². The van der Waals surface area contributed by atoms with Crippen LogP contribution in [0.1, 0.15) is 32.8 Å². The highest BCUT2D eigenvalue weighted by atomic mass is 35.5. The van der Waals surface area contributed by atoms with Gasteiger partial charge >= 0.3 is 5.97 Å². The minimum absolute atomic E-state index is 0.144. The van der Waals surface area contributed by atoms with E-state index >= 15 is 0 Å². The first-order valence-corrected chi connectivity index (χ1v) is 8.25. The van der Waals surface area contributed by atoms with Crippen LogP contribution in [0.5, 0.6) is 0 Å². The summed E-state index contributed by atoms with van der Waals surface area (Å²) in [6.45, 7) is 5.58. The molecule has 25 heavy (non-hydrogen) atoms. The lowest BCUT2D eigenvalue weighted by Crippen LogP contribution is -2.24. The molecule has 0 spiro atoms. The molecule has 0 saturated heterocycles. The molecule has 0 fully saturated rings. The van der Waals surface area contributed by atoms with Crippen molar-refractivity contribution >= 4 is 28.7 Å². The molecular weight excluding hydrogens is 342 g/mol. The van der Waals surface area contributed by atoms with Crippen LogP contribution in [0.25, 0.3) is 16.9 Å². The molecule has 0 N–H and O–H groups in total. The highest BCUT2D eigenvalue weighted by molar-refractivity contribution is 6.28. The SMILES string of the molecule is CC(C)(C)OC(=O)CCc1ccc(-n2nnc3cnc(Cl)nc32)cc1. The number of esters is 1. The summed E-state index contributed by atoms with van der Waals surface area (Å²) in [7, 11) is 0. The first-order chi connectivity index (χ1) is 11.8. The molecule has 0 radical (unpaired) electrons. The maximum Gasteiger partial charge on any atom is 0.306 e. The van der Waals surface area contributed by atoms with Gasteiger partial charge in [0.15, 0.2) is 11.2 Å². The van der Waals surface area contributed by atoms with E-state index in [2.05, 4.69) is 20.3 Å². The quantitative estimate of drug-likeness (QED) is 0.525. The molecule has 3 rings (SSSR count). The Morgan fingerprint density at radius 3 is 2.64 bits per heavy atom. The highest BCUT2D eigenvalue weighted by Crippen LogP contribution is 2.17. The summed E-state index contributed by atoms with van der Waals surface area (Å²) in [5.74, 6) is -0.204. The number of aromatic nitrogens is 5. The molecule has 0 saturated carbocycles. The van der Waals surface area contributed by atoms with E-state index in [1.54, 1.807) is 4.68 Å². The van der Waals surface area contributed by atoms with Crippen molar-refractivity contribution in [2.75, 3.05) is 0 Å². The van der Waals surface area contributed by atoms with Crippen LogP contribution in [0, 0.1) is 0 Å². The van der Waals surface area contributed by atoms with Crippen LogP contribution >= 0.6 is 11.6 Å². The minimum Gasteiger partial charge on any atom is -0.460 e. The number of rotatable bonds is 4. The summed E-state index contributed by atoms with van der Waals surface area (Å²) in [5.41, 5.74) is 2.49. The fraction of sp³-hybridized carbons (Fsp3) is 0.353. The predicted octanol–water partition coefficient (Wildman–Crippen LogP) is 3.14. The van der Waals surface area contributed by atoms with Gasteiger partial charge in [0.1, 0.15) is 5.60 Å². The van der Waals surface area contributed by atoms with E-state index in [4.69, 9.17) is 16.3 Å². The summed E-state index contributed by atoms with van der Waals surface area (Å²) < 4.78 is 6.91. The van der Waals surface area contributed by atoms with Crippen LogP contribution in [-0.2, 0) is 16.0 Å². The van der Waals surface area contributed by atoms with Gasteiger partial charge in [-0.3, -0.25) is 4.79 Å². The number of fused-ring (bicyclic) bond motifs is 1. The van der Waals surface area contributed by atoms with Crippen molar-refractivity contribution in [1.82, 2.24) is 25.0 Å². The van der Waals surface area contributed by atoms with E-state index in [-0.39, 0.29) is 11.3 Å². The molecule has 2 aromatic heterocycles. The molecule has 7 nitrogen and oxygen atoms in total. The third-order valence-electron chi connectivity index (χ3n) is 3.38. The van der Waals surface area contributed by atoms with Crippen molar-refractivity contribution in [2.45, 2.75) is 39.2 Å². The van der Waals surface area contributed by atoms with Gasteiger partial charge in [0.25, 0.3) is 0 Å². The van der Waals surface area contributed by atoms with Crippen LogP contribution in [-0.4, -0.2) is 36.5 Å². The number of halogens is 1. The zero-order chi connectivity index (χ0) is 18.0. The van der Waals surface area contributed by atoms with E-state index < -0.39 is 5.60 Å². The van der Waals surface area contributed by atoms with Gasteiger partial charge in [0, 0.05) is 6.42 Å². The third-order valence-corrected chi connectivity index (χ3v) is 3.56. The van der Waals surface area contributed by atoms with Crippen LogP contribution in [0.2, 0.25) is 5.28 Å². The molecule has 0 amide bonds. The van der Waals surface area contributed by atoms with Gasteiger partial charge in [0.2, 0.25) is 5.28 Å². The number of nitrogens with zero attached hydrogens (tertiary/aromatic N) is 5. The average Bonchev–Trinajstić information content (AvgIpc) is 2.95. The lowest BCUT2D eigenvalue weighted by molar-refractivity contribution is -0.154. The predicted molar refractivity (Wildman–Crippen MR) is 93.6 cm³/mol. The summed E-state index contributed by atoms with van der Waals surface area (Å²) in [5, 5.41) is 8.25. The molecule has 2 heterocycles. The number of hydrogen-bond donors (Lipinski definition) is 0. The highest BCUT2D eigenvalue weighted by Gasteiger charge is 2.16. The summed E-state index contributed by atoms with van der Waals surface area (Å²) in [6, 6.07) is 7.68. The number of carbonyl (C=O) groups excluding carboxylic acids is 1. The minimum atomic E-state index is -0.460. The molecule has 0 aliphatic carbocycles. The molecule has 130 valence electrons. The smallest absolute Gasteiger partial charge is 0.306 e. The van der Waals surface area contributed by atoms with Crippen LogP contribution in [0.15, 0.2) is 30.5 Å². The average molecular weight is 360 g/mol. The van der Waals surface area contributed by atoms with E-state index in [1.807, 2.05) is 45.0 Å². The summed E-state index contributed by atoms with van der Waals surface area (Å²) >= 11 is 5.84. The Balaban J connectivity index is 1.72. The van der Waals surface area contributed by atoms with E-state index in [0.29, 0.717) is 24.0 Å². The summed E-state index contributed by atoms with van der Waals surface area (Å²) in [4.78, 5) is 19.8. The van der Waals surface area contributed by atoms with Gasteiger partial charge in [-0.25, -0.2) is 4.98 Å². The van der Waals surface area contributed by atoms with Gasteiger partial charge < -0.3 is 4.74 Å². The Morgan fingerprint density at radius 1 is 1.24 bits per heavy atom. The fourth-order valence-electron chi connectivity index (χ4n) is 2.32. The number of aryl methyl sites for hydroxylation is 1. The molecule has 0 bridgehead atoms. The van der Waals surface area contributed by atoms with Crippen molar-refractivity contribution in [2.24, 2.45) is 0 Å². The largest absolute Gasteiger partial charge is 0.460 e. The zero-order valence-electron chi connectivity index (χ0n) is 14.2. The Bertz CT molecular complexity index is 900. The van der Waals surface area contributed by atoms with Crippen LogP contribution < -0.4 is 0 Å². The van der Waals surface area contributed by atoms with Crippen molar-refractivity contribution in [3.8, 4) is 5.69 Å². The molecular formula is C17H18ClN5O2. The van der Waals surface area contributed by atoms with Crippen molar-refractivity contribution in [3.63, 3.8) is 0 Å². The second kappa shape index (κ2) is 6.76. The Kier molecular flexibility index (Phi) is 4.67. The lowest BCUT2D eigenvalue weighted by Gasteiger charge is -2.19. The monoisotopic (exact) mass is 359 g/mol. The standard InChI is InChI=1S/C17H18ClN5O2/c1-17(2,3)25-14(24)9-6-11-4-7-12(8-5-11)23-15-13(21-22-23)10-19-16(18)20-15/h4-5,7-8,10H,6,9H2,1-3H3. The molecule has 0 unspecified atom stereocenters. The Hall–Kier alpha value is -2.54. The third kappa shape index (κ3) is 4.30. The number of ether oxygens (including phenoxy) is 1. The normalized spacial score (nSPS) is 11.7. The number of hydrogen-bond acceptors (Lipinski definition) is 6. The van der Waals surface area contributed by atoms with E-state index in [1.165, 1.54) is 6.20 Å². The van der Waals surface area contributed by atoms with Gasteiger partial charge in [-0.15, -0.1) is 5.10 Å². The molecule has 0 atom stereocenters. The number of carbonyl (C=O) groups is 1. The van der Waals surface area contributed by atoms with Crippen molar-refractivity contribution in [1.29, 1.82) is 0 Å². The Morgan fingerprint density at radius 2 is 1.96 bits per heavy atom. The maximum atomic E-state index is 11.8. The lowest BCUT2D eigenvalue weighted by atomic mass is 10.1. The van der Waals surface area contributed by atoms with Crippen molar-refractivity contribution < 1.29 is 9.53 Å². The van der Waals surface area contributed by atoms with Gasteiger partial charge in [-0.2, -0.15) is 9.67 Å².